The van der Waals surface area contributed by atoms with Gasteiger partial charge in [0.25, 0.3) is 0 Å². The summed E-state index contributed by atoms with van der Waals surface area (Å²) in [7, 11) is 5.24. The number of aryl methyl sites for hydroxylation is 1. The Hall–Kier alpha value is -2.99. The van der Waals surface area contributed by atoms with Crippen molar-refractivity contribution in [3.8, 4) is 34.3 Å². The molecule has 0 saturated carbocycles. The van der Waals surface area contributed by atoms with Crippen LogP contribution in [0.3, 0.4) is 0 Å². The minimum atomic E-state index is 0.0466. The van der Waals surface area contributed by atoms with Crippen LogP contribution in [0.25, 0.3) is 22.0 Å². The number of rotatable bonds is 5. The lowest BCUT2D eigenvalue weighted by atomic mass is 9.96. The minimum Gasteiger partial charge on any atom is -0.493 e. The summed E-state index contributed by atoms with van der Waals surface area (Å²) in [6.07, 6.45) is 2.54. The number of pyridine rings is 1. The zero-order valence-electron chi connectivity index (χ0n) is 15.6. The van der Waals surface area contributed by atoms with Crippen molar-refractivity contribution in [3.05, 3.63) is 42.1 Å². The van der Waals surface area contributed by atoms with Gasteiger partial charge in [-0.15, -0.1) is 0 Å². The molecule has 6 nitrogen and oxygen atoms in total. The van der Waals surface area contributed by atoms with Crippen molar-refractivity contribution in [2.45, 2.75) is 6.42 Å². The van der Waals surface area contributed by atoms with Gasteiger partial charge in [-0.1, -0.05) is 0 Å². The molecule has 2 aromatic carbocycles. The van der Waals surface area contributed by atoms with Gasteiger partial charge in [0.15, 0.2) is 29.2 Å². The molecule has 2 heterocycles. The largest absolute Gasteiger partial charge is 0.493 e. The minimum absolute atomic E-state index is 0.0466. The summed E-state index contributed by atoms with van der Waals surface area (Å²) in [6, 6.07) is 9.81. The van der Waals surface area contributed by atoms with Crippen LogP contribution in [0.5, 0.6) is 23.0 Å². The molecule has 27 heavy (non-hydrogen) atoms. The highest BCUT2D eigenvalue weighted by Crippen LogP contribution is 2.40. The smallest absolute Gasteiger partial charge is 0.231 e. The fourth-order valence-corrected chi connectivity index (χ4v) is 3.73. The maximum atomic E-state index is 9.71. The first-order valence-electron chi connectivity index (χ1n) is 8.75. The van der Waals surface area contributed by atoms with E-state index in [1.54, 1.807) is 14.2 Å². The molecule has 0 atom stereocenters. The van der Waals surface area contributed by atoms with Crippen molar-refractivity contribution < 1.29 is 28.6 Å². The molecule has 0 aliphatic carbocycles. The van der Waals surface area contributed by atoms with Gasteiger partial charge in [0.1, 0.15) is 7.05 Å². The molecule has 0 spiro atoms. The predicted octanol–water partition coefficient (Wildman–Crippen LogP) is 2.61. The van der Waals surface area contributed by atoms with Crippen LogP contribution in [0.1, 0.15) is 5.56 Å². The summed E-state index contributed by atoms with van der Waals surface area (Å²) >= 11 is 0. The van der Waals surface area contributed by atoms with Crippen molar-refractivity contribution in [1.29, 1.82) is 0 Å². The molecule has 1 aliphatic heterocycles. The van der Waals surface area contributed by atoms with E-state index in [9.17, 15) is 5.11 Å². The van der Waals surface area contributed by atoms with Gasteiger partial charge in [0.05, 0.1) is 25.2 Å². The van der Waals surface area contributed by atoms with Gasteiger partial charge in [-0.05, 0) is 30.3 Å². The highest BCUT2D eigenvalue weighted by molar-refractivity contribution is 5.94. The number of aromatic nitrogens is 1. The number of nitrogens with zero attached hydrogens (tertiary/aromatic N) is 1. The Morgan fingerprint density at radius 1 is 1.04 bits per heavy atom. The van der Waals surface area contributed by atoms with E-state index in [1.807, 2.05) is 48.1 Å². The van der Waals surface area contributed by atoms with E-state index >= 15 is 0 Å². The fourth-order valence-electron chi connectivity index (χ4n) is 3.73. The first-order chi connectivity index (χ1) is 13.2. The van der Waals surface area contributed by atoms with Crippen LogP contribution in [-0.2, 0) is 13.5 Å². The molecule has 0 bridgehead atoms. The molecule has 140 valence electrons. The average molecular weight is 368 g/mol. The first-order valence-corrected chi connectivity index (χ1v) is 8.75. The zero-order valence-corrected chi connectivity index (χ0v) is 15.6. The summed E-state index contributed by atoms with van der Waals surface area (Å²) < 4.78 is 24.1. The number of aliphatic hydroxyl groups excluding tert-OH is 1. The Balaban J connectivity index is 2.00. The number of methoxy groups -OCH3 is 2. The lowest BCUT2D eigenvalue weighted by Crippen LogP contribution is -2.32. The number of hydrogen-bond acceptors (Lipinski definition) is 5. The molecule has 6 heteroatoms. The third-order valence-electron chi connectivity index (χ3n) is 4.88. The van der Waals surface area contributed by atoms with Gasteiger partial charge < -0.3 is 24.1 Å². The van der Waals surface area contributed by atoms with Crippen LogP contribution >= 0.6 is 0 Å². The highest BCUT2D eigenvalue weighted by atomic mass is 16.7. The quantitative estimate of drug-likeness (QED) is 0.702. The summed E-state index contributed by atoms with van der Waals surface area (Å²) in [5, 5.41) is 11.7. The first kappa shape index (κ1) is 17.4. The van der Waals surface area contributed by atoms with E-state index in [0.29, 0.717) is 17.9 Å². The standard InChI is InChI=1S/C21H22NO5/c1-22-11-16-14(5-7-18(24-2)21(16)25-3)15(8-9-23)20(22)13-4-6-17-19(10-13)27-12-26-17/h4-7,10-11,23H,8-9,12H2,1-3H3/q+1. The maximum absolute atomic E-state index is 9.71. The van der Waals surface area contributed by atoms with Gasteiger partial charge in [-0.25, -0.2) is 4.57 Å². The SMILES string of the molecule is COc1ccc2c(CCO)c(-c3ccc4c(c3)OCO4)[n+](C)cc2c1OC. The average Bonchev–Trinajstić information content (AvgIpc) is 3.15. The second kappa shape index (κ2) is 6.96. The maximum Gasteiger partial charge on any atom is 0.231 e. The molecule has 3 aromatic rings. The second-order valence-electron chi connectivity index (χ2n) is 6.37. The van der Waals surface area contributed by atoms with Crippen molar-refractivity contribution in [3.63, 3.8) is 0 Å². The molecule has 4 rings (SSSR count). The van der Waals surface area contributed by atoms with Crippen LogP contribution in [0, 0.1) is 0 Å². The lowest BCUT2D eigenvalue weighted by Gasteiger charge is -2.15. The third-order valence-corrected chi connectivity index (χ3v) is 4.88. The summed E-state index contributed by atoms with van der Waals surface area (Å²) in [5.41, 5.74) is 3.06. The van der Waals surface area contributed by atoms with Gasteiger partial charge in [-0.2, -0.15) is 0 Å². The Bertz CT molecular complexity index is 1020. The van der Waals surface area contributed by atoms with E-state index in [-0.39, 0.29) is 13.4 Å². The van der Waals surface area contributed by atoms with Gasteiger partial charge >= 0.3 is 0 Å². The zero-order chi connectivity index (χ0) is 19.0. The summed E-state index contributed by atoms with van der Waals surface area (Å²) in [6.45, 7) is 0.286. The number of benzene rings is 2. The number of fused-ring (bicyclic) bond motifs is 2. The normalized spacial score (nSPS) is 12.4. The van der Waals surface area contributed by atoms with Crippen LogP contribution < -0.4 is 23.5 Å². The molecule has 0 amide bonds. The Kier molecular flexibility index (Phi) is 4.49. The van der Waals surface area contributed by atoms with E-state index in [4.69, 9.17) is 18.9 Å². The van der Waals surface area contributed by atoms with E-state index in [1.165, 1.54) is 0 Å². The lowest BCUT2D eigenvalue weighted by molar-refractivity contribution is -0.659. The summed E-state index contributed by atoms with van der Waals surface area (Å²) in [4.78, 5) is 0. The molecule has 0 unspecified atom stereocenters. The predicted molar refractivity (Wildman–Crippen MR) is 101 cm³/mol. The molecule has 0 saturated heterocycles. The molecular formula is C21H22NO5+. The number of hydrogen-bond donors (Lipinski definition) is 1. The number of aliphatic hydroxyl groups is 1. The fraction of sp³-hybridized carbons (Fsp3) is 0.286. The van der Waals surface area contributed by atoms with Crippen LogP contribution in [0.15, 0.2) is 36.5 Å². The van der Waals surface area contributed by atoms with Crippen LogP contribution in [0.2, 0.25) is 0 Å². The van der Waals surface area contributed by atoms with Crippen LogP contribution in [0.4, 0.5) is 0 Å². The summed E-state index contributed by atoms with van der Waals surface area (Å²) in [5.74, 6) is 2.84. The van der Waals surface area contributed by atoms with Crippen molar-refractivity contribution >= 4 is 10.8 Å². The molecule has 1 aromatic heterocycles. The molecular weight excluding hydrogens is 346 g/mol. The van der Waals surface area contributed by atoms with E-state index in [2.05, 4.69) is 0 Å². The Labute approximate surface area is 157 Å². The van der Waals surface area contributed by atoms with Gasteiger partial charge in [0.2, 0.25) is 12.5 Å². The Morgan fingerprint density at radius 2 is 1.85 bits per heavy atom. The third kappa shape index (κ3) is 2.82. The van der Waals surface area contributed by atoms with Crippen molar-refractivity contribution in [2.24, 2.45) is 7.05 Å². The molecule has 0 fully saturated rings. The highest BCUT2D eigenvalue weighted by Gasteiger charge is 2.25. The van der Waals surface area contributed by atoms with Crippen molar-refractivity contribution in [2.75, 3.05) is 27.6 Å². The van der Waals surface area contributed by atoms with Crippen LogP contribution in [-0.4, -0.2) is 32.7 Å². The molecule has 0 radical (unpaired) electrons. The molecule has 1 N–H and O–H groups in total. The topological polar surface area (TPSA) is 61.0 Å². The second-order valence-corrected chi connectivity index (χ2v) is 6.37. The van der Waals surface area contributed by atoms with E-state index < -0.39 is 0 Å². The van der Waals surface area contributed by atoms with Gasteiger partial charge in [0, 0.05) is 24.0 Å². The monoisotopic (exact) mass is 368 g/mol. The van der Waals surface area contributed by atoms with Crippen molar-refractivity contribution in [1.82, 2.24) is 0 Å². The molecule has 1 aliphatic rings. The number of ether oxygens (including phenoxy) is 4. The van der Waals surface area contributed by atoms with E-state index in [0.717, 1.165) is 39.1 Å². The van der Waals surface area contributed by atoms with Gasteiger partial charge in [-0.3, -0.25) is 0 Å². The Morgan fingerprint density at radius 3 is 2.59 bits per heavy atom.